The van der Waals surface area contributed by atoms with Crippen LogP contribution in [0, 0.1) is 0 Å². The molecule has 21 nitrogen and oxygen atoms in total. The summed E-state index contributed by atoms with van der Waals surface area (Å²) < 4.78 is 8.59. The van der Waals surface area contributed by atoms with Gasteiger partial charge < -0.3 is 40.9 Å². The highest BCUT2D eigenvalue weighted by Gasteiger charge is 2.43. The summed E-state index contributed by atoms with van der Waals surface area (Å²) in [7, 11) is 1.42. The summed E-state index contributed by atoms with van der Waals surface area (Å²) in [6, 6.07) is -1.46. The number of likely N-dealkylation sites (tertiary alicyclic amines) is 2. The summed E-state index contributed by atoms with van der Waals surface area (Å²) in [4.78, 5) is 138. The molecule has 60 heavy (non-hydrogen) atoms. The predicted octanol–water partition coefficient (Wildman–Crippen LogP) is -2.59. The highest BCUT2D eigenvalue weighted by molar-refractivity contribution is 7.98. The number of aldehydes is 2. The van der Waals surface area contributed by atoms with Crippen LogP contribution < -0.4 is 26.6 Å². The van der Waals surface area contributed by atoms with Crippen molar-refractivity contribution in [1.82, 2.24) is 45.0 Å². The molecule has 4 fully saturated rings. The molecule has 0 aromatic heterocycles. The monoisotopic (exact) mass is 881 g/mol. The molecule has 4 rings (SSSR count). The summed E-state index contributed by atoms with van der Waals surface area (Å²) >= 11 is 2.41. The van der Waals surface area contributed by atoms with Crippen molar-refractivity contribution in [2.75, 3.05) is 66.1 Å². The lowest BCUT2D eigenvalue weighted by Gasteiger charge is -2.21. The minimum atomic E-state index is -0.891. The predicted molar refractivity (Wildman–Crippen MR) is 216 cm³/mol. The van der Waals surface area contributed by atoms with Crippen molar-refractivity contribution in [3.63, 3.8) is 0 Å². The Labute approximate surface area is 356 Å². The second-order valence-corrected chi connectivity index (χ2v) is 17.1. The van der Waals surface area contributed by atoms with Crippen molar-refractivity contribution in [1.29, 1.82) is 0 Å². The molecule has 4 atom stereocenters. The third-order valence-corrected chi connectivity index (χ3v) is 12.9. The fourth-order valence-electron chi connectivity index (χ4n) is 7.00. The normalized spacial score (nSPS) is 22.6. The minimum absolute atomic E-state index is 0.00527. The van der Waals surface area contributed by atoms with Crippen LogP contribution in [0.1, 0.15) is 70.6 Å². The summed E-state index contributed by atoms with van der Waals surface area (Å²) in [6.45, 7) is 1.34. The first-order chi connectivity index (χ1) is 28.8. The number of nitrogens with one attached hydrogen (secondary N) is 5. The topological polar surface area (TPSA) is 270 Å². The van der Waals surface area contributed by atoms with Crippen LogP contribution >= 0.6 is 23.9 Å². The first kappa shape index (κ1) is 48.2. The Hall–Kier alpha value is -4.45. The van der Waals surface area contributed by atoms with E-state index in [-0.39, 0.29) is 115 Å². The van der Waals surface area contributed by atoms with Gasteiger partial charge in [0.1, 0.15) is 23.1 Å². The molecule has 4 saturated heterocycles. The van der Waals surface area contributed by atoms with E-state index >= 15 is 0 Å². The van der Waals surface area contributed by atoms with Gasteiger partial charge >= 0.3 is 0 Å². The first-order valence-electron chi connectivity index (χ1n) is 20.1. The molecule has 0 spiro atoms. The van der Waals surface area contributed by atoms with Gasteiger partial charge in [-0.25, -0.2) is 8.61 Å². The number of carbonyl (C=O) groups excluding carboxylic acids is 11. The molecule has 0 aliphatic carbocycles. The number of nitrogens with zero attached hydrogens (tertiary/aromatic N) is 4. The van der Waals surface area contributed by atoms with E-state index in [1.54, 1.807) is 0 Å². The first-order valence-corrected chi connectivity index (χ1v) is 21.8. The van der Waals surface area contributed by atoms with E-state index in [0.29, 0.717) is 25.9 Å². The van der Waals surface area contributed by atoms with Crippen LogP contribution in [0.15, 0.2) is 0 Å². The average Bonchev–Trinajstić information content (AvgIpc) is 3.99. The van der Waals surface area contributed by atoms with Gasteiger partial charge in [-0.3, -0.25) is 53.0 Å². The molecule has 23 heteroatoms. The largest absolute Gasteiger partial charge is 0.384 e. The maximum Gasteiger partial charge on any atom is 0.244 e. The van der Waals surface area contributed by atoms with Gasteiger partial charge in [-0.1, -0.05) is 23.9 Å². The van der Waals surface area contributed by atoms with Crippen LogP contribution in [0.25, 0.3) is 0 Å². The lowest BCUT2D eigenvalue weighted by atomic mass is 10.1. The van der Waals surface area contributed by atoms with E-state index in [1.165, 1.54) is 31.0 Å². The lowest BCUT2D eigenvalue weighted by Crippen LogP contribution is -2.44. The molecule has 0 radical (unpaired) electrons. The Bertz CT molecular complexity index is 1520. The van der Waals surface area contributed by atoms with Crippen molar-refractivity contribution in [3.8, 4) is 0 Å². The van der Waals surface area contributed by atoms with Gasteiger partial charge in [0.05, 0.1) is 18.7 Å². The quantitative estimate of drug-likeness (QED) is 0.0258. The van der Waals surface area contributed by atoms with Crippen LogP contribution in [0.5, 0.6) is 0 Å². The standard InChI is InChI=1S/C37H55N9O12S2/c1-58-17-8-31(51)42-24(18-32(52)40-11-9-38-29(49)6-15-43-34(54)20-27(36(43)56)59-45-13-2-4-25(45)22-47)19-33(53)41-12-10-39-30(50)7-16-44-35(55)21-28(37(44)57)60-46-14-3-5-26(46)23-48/h22-28H,2-21H2,1H3,(H,38,49)(H,39,50)(H,40,52)(H,41,53)(H,42,51)/t24?,25-,26-,27?,28?/m0/s1. The highest BCUT2D eigenvalue weighted by atomic mass is 32.2. The number of methoxy groups -OCH3 is 1. The summed E-state index contributed by atoms with van der Waals surface area (Å²) in [6.07, 6.45) is 3.94. The average molecular weight is 882 g/mol. The van der Waals surface area contributed by atoms with Crippen LogP contribution in [0.2, 0.25) is 0 Å². The van der Waals surface area contributed by atoms with E-state index in [4.69, 9.17) is 4.74 Å². The van der Waals surface area contributed by atoms with E-state index < -0.39 is 57.9 Å². The zero-order chi connectivity index (χ0) is 43.6. The number of hydrogen-bond acceptors (Lipinski definition) is 16. The Kier molecular flexibility index (Phi) is 19.9. The molecule has 0 saturated carbocycles. The van der Waals surface area contributed by atoms with Gasteiger partial charge in [0.15, 0.2) is 0 Å². The van der Waals surface area contributed by atoms with Crippen molar-refractivity contribution >= 4 is 89.6 Å². The Morgan fingerprint density at radius 1 is 0.650 bits per heavy atom. The number of rotatable bonds is 26. The van der Waals surface area contributed by atoms with Crippen LogP contribution in [0.4, 0.5) is 0 Å². The van der Waals surface area contributed by atoms with Gasteiger partial charge in [-0.05, 0) is 25.7 Å². The number of imide groups is 2. The molecule has 4 heterocycles. The molecule has 332 valence electrons. The zero-order valence-corrected chi connectivity index (χ0v) is 35.3. The van der Waals surface area contributed by atoms with Gasteiger partial charge in [-0.2, -0.15) is 0 Å². The molecule has 0 aromatic rings. The van der Waals surface area contributed by atoms with Crippen LogP contribution in [-0.2, 0) is 57.5 Å². The van der Waals surface area contributed by atoms with Gasteiger partial charge in [0.2, 0.25) is 53.2 Å². The third-order valence-electron chi connectivity index (χ3n) is 10.2. The zero-order valence-electron chi connectivity index (χ0n) is 33.7. The van der Waals surface area contributed by atoms with E-state index in [9.17, 15) is 52.7 Å². The highest BCUT2D eigenvalue weighted by Crippen LogP contribution is 2.34. The number of ether oxygens (including phenoxy) is 1. The third kappa shape index (κ3) is 14.9. The maximum absolute atomic E-state index is 12.8. The van der Waals surface area contributed by atoms with Crippen molar-refractivity contribution < 1.29 is 57.5 Å². The molecule has 5 N–H and O–H groups in total. The lowest BCUT2D eigenvalue weighted by molar-refractivity contribution is -0.140. The SMILES string of the molecule is COCCC(=O)NC(CC(=O)NCCNC(=O)CCN1C(=O)CC(SN2CCC[C@H]2C=O)C1=O)CC(=O)NCCNC(=O)CCN1C(=O)CC(SN2CCC[C@H]2C=O)C1=O. The van der Waals surface area contributed by atoms with Crippen LogP contribution in [-0.4, -0.2) is 179 Å². The van der Waals surface area contributed by atoms with Crippen molar-refractivity contribution in [3.05, 3.63) is 0 Å². The smallest absolute Gasteiger partial charge is 0.244 e. The number of carbonyl (C=O) groups is 11. The molecule has 9 amide bonds. The number of amides is 9. The Morgan fingerprint density at radius 3 is 1.47 bits per heavy atom. The molecule has 4 aliphatic rings. The molecule has 2 unspecified atom stereocenters. The second kappa shape index (κ2) is 24.7. The summed E-state index contributed by atoms with van der Waals surface area (Å²) in [5.41, 5.74) is 0. The van der Waals surface area contributed by atoms with E-state index in [0.717, 1.165) is 35.2 Å². The fourth-order valence-corrected chi connectivity index (χ4v) is 9.62. The van der Waals surface area contributed by atoms with Crippen molar-refractivity contribution in [2.24, 2.45) is 0 Å². The Morgan fingerprint density at radius 2 is 1.07 bits per heavy atom. The van der Waals surface area contributed by atoms with Gasteiger partial charge in [0, 0.05) is 110 Å². The molecule has 0 bridgehead atoms. The fraction of sp³-hybridized carbons (Fsp3) is 0.703. The van der Waals surface area contributed by atoms with Gasteiger partial charge in [0.25, 0.3) is 0 Å². The second-order valence-electron chi connectivity index (χ2n) is 14.7. The van der Waals surface area contributed by atoms with Crippen molar-refractivity contribution in [2.45, 2.75) is 99.3 Å². The van der Waals surface area contributed by atoms with Crippen LogP contribution in [0.3, 0.4) is 0 Å². The minimum Gasteiger partial charge on any atom is -0.384 e. The summed E-state index contributed by atoms with van der Waals surface area (Å²) in [5, 5.41) is 11.9. The Balaban J connectivity index is 1.10. The van der Waals surface area contributed by atoms with E-state index in [2.05, 4.69) is 26.6 Å². The van der Waals surface area contributed by atoms with E-state index in [1.807, 2.05) is 8.61 Å². The summed E-state index contributed by atoms with van der Waals surface area (Å²) in [5.74, 6) is -3.89. The molecular formula is C37H55N9O12S2. The molecule has 0 aromatic carbocycles. The molecular weight excluding hydrogens is 827 g/mol. The number of hydrogen-bond donors (Lipinski definition) is 5. The van der Waals surface area contributed by atoms with Gasteiger partial charge in [-0.15, -0.1) is 0 Å². The molecule has 4 aliphatic heterocycles. The maximum atomic E-state index is 12.8.